The van der Waals surface area contributed by atoms with Gasteiger partial charge in [-0.3, -0.25) is 0 Å². The highest BCUT2D eigenvalue weighted by Gasteiger charge is 2.04. The van der Waals surface area contributed by atoms with Gasteiger partial charge >= 0.3 is 0 Å². The van der Waals surface area contributed by atoms with Gasteiger partial charge in [0.25, 0.3) is 0 Å². The van der Waals surface area contributed by atoms with Crippen molar-refractivity contribution < 1.29 is 9.50 Å². The third kappa shape index (κ3) is 1.35. The Bertz CT molecular complexity index is 468. The van der Waals surface area contributed by atoms with Crippen molar-refractivity contribution in [1.29, 1.82) is 0 Å². The number of hydrogen-bond donors (Lipinski definition) is 2. The van der Waals surface area contributed by atoms with Crippen molar-refractivity contribution in [2.45, 2.75) is 4.90 Å². The molecular weight excluding hydrogens is 187 g/mol. The summed E-state index contributed by atoms with van der Waals surface area (Å²) in [4.78, 5) is 0.452. The number of hydrogen-bond acceptors (Lipinski definition) is 2. The van der Waals surface area contributed by atoms with E-state index in [1.54, 1.807) is 12.1 Å². The van der Waals surface area contributed by atoms with Gasteiger partial charge in [-0.15, -0.1) is 12.6 Å². The maximum atomic E-state index is 13.2. The highest BCUT2D eigenvalue weighted by Crippen LogP contribution is 2.28. The second kappa shape index (κ2) is 2.92. The van der Waals surface area contributed by atoms with E-state index in [1.807, 2.05) is 0 Å². The van der Waals surface area contributed by atoms with Crippen LogP contribution in [0.4, 0.5) is 4.39 Å². The molecule has 0 aliphatic rings. The first kappa shape index (κ1) is 8.38. The van der Waals surface area contributed by atoms with E-state index in [9.17, 15) is 9.50 Å². The largest absolute Gasteiger partial charge is 0.508 e. The average molecular weight is 194 g/mol. The molecule has 0 bridgehead atoms. The molecule has 0 atom stereocenters. The minimum absolute atomic E-state index is 0.100. The summed E-state index contributed by atoms with van der Waals surface area (Å²) >= 11 is 4.09. The third-order valence-electron chi connectivity index (χ3n) is 1.89. The molecule has 0 amide bonds. The van der Waals surface area contributed by atoms with Gasteiger partial charge in [0.2, 0.25) is 0 Å². The zero-order valence-corrected chi connectivity index (χ0v) is 7.55. The van der Waals surface area contributed by atoms with Crippen molar-refractivity contribution in [3.63, 3.8) is 0 Å². The smallest absolute Gasteiger partial charge is 0.132 e. The summed E-state index contributed by atoms with van der Waals surface area (Å²) in [6, 6.07) is 7.65. The number of halogens is 1. The number of fused-ring (bicyclic) bond motifs is 1. The van der Waals surface area contributed by atoms with E-state index in [4.69, 9.17) is 0 Å². The van der Waals surface area contributed by atoms with E-state index in [2.05, 4.69) is 12.6 Å². The van der Waals surface area contributed by atoms with E-state index < -0.39 is 0 Å². The molecule has 3 heteroatoms. The van der Waals surface area contributed by atoms with Crippen LogP contribution in [0.25, 0.3) is 10.8 Å². The molecule has 66 valence electrons. The van der Waals surface area contributed by atoms with Gasteiger partial charge in [-0.2, -0.15) is 0 Å². The Morgan fingerprint density at radius 2 is 2.00 bits per heavy atom. The Labute approximate surface area is 80.2 Å². The van der Waals surface area contributed by atoms with Crippen LogP contribution in [0.1, 0.15) is 0 Å². The fourth-order valence-corrected chi connectivity index (χ4v) is 1.71. The van der Waals surface area contributed by atoms with Gasteiger partial charge in [-0.1, -0.05) is 12.1 Å². The van der Waals surface area contributed by atoms with Crippen LogP contribution in [-0.2, 0) is 0 Å². The predicted octanol–water partition coefficient (Wildman–Crippen LogP) is 2.97. The molecule has 0 heterocycles. The first-order chi connectivity index (χ1) is 6.18. The molecule has 2 aromatic carbocycles. The minimum atomic E-state index is -0.317. The number of benzene rings is 2. The first-order valence-electron chi connectivity index (χ1n) is 3.78. The molecule has 0 aromatic heterocycles. The van der Waals surface area contributed by atoms with Crippen molar-refractivity contribution in [2.75, 3.05) is 0 Å². The van der Waals surface area contributed by atoms with Gasteiger partial charge in [-0.05, 0) is 23.6 Å². The highest BCUT2D eigenvalue weighted by atomic mass is 32.1. The molecule has 0 saturated heterocycles. The van der Waals surface area contributed by atoms with Crippen LogP contribution in [0.3, 0.4) is 0 Å². The Morgan fingerprint density at radius 1 is 1.23 bits per heavy atom. The van der Waals surface area contributed by atoms with Gasteiger partial charge < -0.3 is 5.11 Å². The fourth-order valence-electron chi connectivity index (χ4n) is 1.34. The summed E-state index contributed by atoms with van der Waals surface area (Å²) in [6.45, 7) is 0. The van der Waals surface area contributed by atoms with Crippen LogP contribution in [0.5, 0.6) is 5.75 Å². The van der Waals surface area contributed by atoms with Crippen molar-refractivity contribution in [1.82, 2.24) is 0 Å². The lowest BCUT2D eigenvalue weighted by Gasteiger charge is -2.03. The fraction of sp³-hybridized carbons (Fsp3) is 0. The maximum absolute atomic E-state index is 13.2. The van der Waals surface area contributed by atoms with E-state index in [0.29, 0.717) is 15.7 Å². The SMILES string of the molecule is Oc1cc(S)c2c(F)cccc2c1. The van der Waals surface area contributed by atoms with Crippen molar-refractivity contribution in [2.24, 2.45) is 0 Å². The van der Waals surface area contributed by atoms with Crippen LogP contribution < -0.4 is 0 Å². The normalized spacial score (nSPS) is 10.6. The molecule has 2 aromatic rings. The number of phenols is 1. The molecular formula is C10H7FOS. The molecule has 0 aliphatic carbocycles. The zero-order chi connectivity index (χ0) is 9.42. The van der Waals surface area contributed by atoms with E-state index in [-0.39, 0.29) is 11.6 Å². The van der Waals surface area contributed by atoms with Crippen molar-refractivity contribution in [3.8, 4) is 5.75 Å². The van der Waals surface area contributed by atoms with Gasteiger partial charge in [0.05, 0.1) is 0 Å². The van der Waals surface area contributed by atoms with Gasteiger partial charge in [0.1, 0.15) is 11.6 Å². The third-order valence-corrected chi connectivity index (χ3v) is 2.24. The Kier molecular flexibility index (Phi) is 1.88. The van der Waals surface area contributed by atoms with Gasteiger partial charge in [0, 0.05) is 10.3 Å². The monoisotopic (exact) mass is 194 g/mol. The number of aromatic hydroxyl groups is 1. The number of rotatable bonds is 0. The first-order valence-corrected chi connectivity index (χ1v) is 4.23. The molecule has 0 unspecified atom stereocenters. The second-order valence-electron chi connectivity index (χ2n) is 2.80. The topological polar surface area (TPSA) is 20.2 Å². The molecule has 1 N–H and O–H groups in total. The molecule has 0 radical (unpaired) electrons. The van der Waals surface area contributed by atoms with E-state index in [1.165, 1.54) is 18.2 Å². The molecule has 1 nitrogen and oxygen atoms in total. The van der Waals surface area contributed by atoms with Crippen LogP contribution in [0.2, 0.25) is 0 Å². The summed E-state index contributed by atoms with van der Waals surface area (Å²) in [5.74, 6) is -0.217. The highest BCUT2D eigenvalue weighted by molar-refractivity contribution is 7.80. The number of thiol groups is 1. The molecule has 0 spiro atoms. The molecule has 0 aliphatic heterocycles. The average Bonchev–Trinajstić information content (AvgIpc) is 2.02. The quantitative estimate of drug-likeness (QED) is 0.618. The van der Waals surface area contributed by atoms with Crippen LogP contribution in [-0.4, -0.2) is 5.11 Å². The van der Waals surface area contributed by atoms with Crippen LogP contribution >= 0.6 is 12.6 Å². The van der Waals surface area contributed by atoms with Crippen molar-refractivity contribution in [3.05, 3.63) is 36.1 Å². The van der Waals surface area contributed by atoms with Gasteiger partial charge in [-0.25, -0.2) is 4.39 Å². The Balaban J connectivity index is 2.94. The molecule has 13 heavy (non-hydrogen) atoms. The maximum Gasteiger partial charge on any atom is 0.132 e. The van der Waals surface area contributed by atoms with E-state index >= 15 is 0 Å². The molecule has 0 saturated carbocycles. The summed E-state index contributed by atoms with van der Waals surface area (Å²) in [5.41, 5.74) is 0. The summed E-state index contributed by atoms with van der Waals surface area (Å²) in [6.07, 6.45) is 0. The lowest BCUT2D eigenvalue weighted by atomic mass is 10.1. The molecule has 2 rings (SSSR count). The number of phenolic OH excluding ortho intramolecular Hbond substituents is 1. The summed E-state index contributed by atoms with van der Waals surface area (Å²) < 4.78 is 13.2. The minimum Gasteiger partial charge on any atom is -0.508 e. The lowest BCUT2D eigenvalue weighted by molar-refractivity contribution is 0.475. The zero-order valence-electron chi connectivity index (χ0n) is 6.66. The van der Waals surface area contributed by atoms with Crippen LogP contribution in [0.15, 0.2) is 35.2 Å². The van der Waals surface area contributed by atoms with Crippen LogP contribution in [0, 0.1) is 5.82 Å². The second-order valence-corrected chi connectivity index (χ2v) is 3.28. The summed E-state index contributed by atoms with van der Waals surface area (Å²) in [7, 11) is 0. The lowest BCUT2D eigenvalue weighted by Crippen LogP contribution is -1.80. The Morgan fingerprint density at radius 3 is 2.77 bits per heavy atom. The summed E-state index contributed by atoms with van der Waals surface area (Å²) in [5, 5.41) is 10.3. The predicted molar refractivity (Wildman–Crippen MR) is 52.8 cm³/mol. The standard InChI is InChI=1S/C10H7FOS/c11-8-3-1-2-6-4-7(12)5-9(13)10(6)8/h1-5,12-13H. The van der Waals surface area contributed by atoms with Crippen molar-refractivity contribution >= 4 is 23.4 Å². The molecule has 0 fully saturated rings. The van der Waals surface area contributed by atoms with Gasteiger partial charge in [0.15, 0.2) is 0 Å². The Hall–Kier alpha value is -1.22. The van der Waals surface area contributed by atoms with E-state index in [0.717, 1.165) is 0 Å².